The lowest BCUT2D eigenvalue weighted by Gasteiger charge is -2.16. The molecule has 1 unspecified atom stereocenters. The molecule has 1 heterocycles. The van der Waals surface area contributed by atoms with Crippen LogP contribution in [0.5, 0.6) is 11.5 Å². The highest BCUT2D eigenvalue weighted by atomic mass is 16.5. The number of aliphatic carboxylic acids is 1. The number of aryl methyl sites for hydroxylation is 1. The Bertz CT molecular complexity index is 754. The quantitative estimate of drug-likeness (QED) is 0.916. The maximum Gasteiger partial charge on any atom is 0.308 e. The minimum Gasteiger partial charge on any atom is -0.481 e. The van der Waals surface area contributed by atoms with Crippen LogP contribution in [-0.2, 0) is 16.1 Å². The summed E-state index contributed by atoms with van der Waals surface area (Å²) in [6, 6.07) is 15.3. The predicted molar refractivity (Wildman–Crippen MR) is 88.9 cm³/mol. The zero-order chi connectivity index (χ0) is 17.1. The van der Waals surface area contributed by atoms with Gasteiger partial charge >= 0.3 is 5.97 Å². The fraction of sp³-hybridized carbons (Fsp3) is 0.263. The molecule has 1 saturated heterocycles. The summed E-state index contributed by atoms with van der Waals surface area (Å²) in [4.78, 5) is 24.5. The van der Waals surface area contributed by atoms with Gasteiger partial charge in [0.15, 0.2) is 0 Å². The summed E-state index contributed by atoms with van der Waals surface area (Å²) in [5, 5.41) is 9.02. The van der Waals surface area contributed by atoms with E-state index in [1.165, 1.54) is 0 Å². The van der Waals surface area contributed by atoms with Gasteiger partial charge in [-0.1, -0.05) is 30.3 Å². The molecule has 0 spiro atoms. The van der Waals surface area contributed by atoms with E-state index < -0.39 is 11.9 Å². The van der Waals surface area contributed by atoms with Gasteiger partial charge in [0.25, 0.3) is 0 Å². The van der Waals surface area contributed by atoms with Gasteiger partial charge in [-0.15, -0.1) is 0 Å². The maximum atomic E-state index is 11.9. The molecule has 1 amide bonds. The molecule has 2 aromatic carbocycles. The average molecular weight is 325 g/mol. The molecule has 1 fully saturated rings. The molecule has 0 radical (unpaired) electrons. The largest absolute Gasteiger partial charge is 0.481 e. The van der Waals surface area contributed by atoms with E-state index in [2.05, 4.69) is 0 Å². The van der Waals surface area contributed by atoms with E-state index in [1.807, 2.05) is 55.5 Å². The Hall–Kier alpha value is -2.82. The normalized spacial score (nSPS) is 17.1. The number of carbonyl (C=O) groups is 2. The second-order valence-electron chi connectivity index (χ2n) is 6.03. The number of hydrogen-bond donors (Lipinski definition) is 1. The molecule has 24 heavy (non-hydrogen) atoms. The molecule has 1 N–H and O–H groups in total. The molecule has 5 heteroatoms. The monoisotopic (exact) mass is 325 g/mol. The lowest BCUT2D eigenvalue weighted by atomic mass is 10.1. The van der Waals surface area contributed by atoms with Gasteiger partial charge in [0, 0.05) is 19.5 Å². The number of amides is 1. The first kappa shape index (κ1) is 16.1. The molecular weight excluding hydrogens is 306 g/mol. The van der Waals surface area contributed by atoms with Crippen molar-refractivity contribution in [3.8, 4) is 11.5 Å². The molecule has 5 nitrogen and oxygen atoms in total. The van der Waals surface area contributed by atoms with E-state index in [4.69, 9.17) is 9.84 Å². The number of nitrogens with zero attached hydrogens (tertiary/aromatic N) is 1. The number of carbonyl (C=O) groups excluding carboxylic acids is 1. The summed E-state index contributed by atoms with van der Waals surface area (Å²) in [5.41, 5.74) is 2.01. The highest BCUT2D eigenvalue weighted by molar-refractivity contribution is 5.86. The van der Waals surface area contributed by atoms with Crippen molar-refractivity contribution in [3.05, 3.63) is 59.7 Å². The molecule has 0 aliphatic carbocycles. The van der Waals surface area contributed by atoms with Crippen molar-refractivity contribution in [2.45, 2.75) is 19.9 Å². The summed E-state index contributed by atoms with van der Waals surface area (Å²) in [6.45, 7) is 2.68. The van der Waals surface area contributed by atoms with E-state index in [-0.39, 0.29) is 18.9 Å². The Morgan fingerprint density at radius 2 is 1.92 bits per heavy atom. The second kappa shape index (κ2) is 6.74. The second-order valence-corrected chi connectivity index (χ2v) is 6.03. The number of benzene rings is 2. The summed E-state index contributed by atoms with van der Waals surface area (Å²) in [5.74, 6) is -0.0786. The number of hydrogen-bond acceptors (Lipinski definition) is 3. The molecule has 0 aromatic heterocycles. The number of ether oxygens (including phenoxy) is 1. The van der Waals surface area contributed by atoms with Crippen LogP contribution in [0.1, 0.15) is 17.5 Å². The first-order chi connectivity index (χ1) is 11.5. The summed E-state index contributed by atoms with van der Waals surface area (Å²) in [6.07, 6.45) is 0.0871. The van der Waals surface area contributed by atoms with Crippen LogP contribution in [0.2, 0.25) is 0 Å². The van der Waals surface area contributed by atoms with E-state index in [1.54, 1.807) is 4.90 Å². The Morgan fingerprint density at radius 1 is 1.21 bits per heavy atom. The van der Waals surface area contributed by atoms with Crippen molar-refractivity contribution >= 4 is 11.9 Å². The molecule has 124 valence electrons. The first-order valence-corrected chi connectivity index (χ1v) is 7.86. The molecule has 1 atom stereocenters. The molecule has 0 bridgehead atoms. The third-order valence-electron chi connectivity index (χ3n) is 4.18. The zero-order valence-electron chi connectivity index (χ0n) is 13.4. The van der Waals surface area contributed by atoms with Crippen molar-refractivity contribution in [3.63, 3.8) is 0 Å². The summed E-state index contributed by atoms with van der Waals surface area (Å²) < 4.78 is 5.85. The van der Waals surface area contributed by atoms with Crippen LogP contribution >= 0.6 is 0 Å². The van der Waals surface area contributed by atoms with Crippen LogP contribution in [0.25, 0.3) is 0 Å². The lowest BCUT2D eigenvalue weighted by Crippen LogP contribution is -2.25. The van der Waals surface area contributed by atoms with Crippen LogP contribution in [0.3, 0.4) is 0 Å². The van der Waals surface area contributed by atoms with E-state index in [0.717, 1.165) is 22.6 Å². The minimum atomic E-state index is -0.909. The van der Waals surface area contributed by atoms with Crippen molar-refractivity contribution in [1.29, 1.82) is 0 Å². The molecule has 2 aromatic rings. The summed E-state index contributed by atoms with van der Waals surface area (Å²) >= 11 is 0. The van der Waals surface area contributed by atoms with E-state index in [9.17, 15) is 9.59 Å². The van der Waals surface area contributed by atoms with Gasteiger partial charge in [-0.3, -0.25) is 9.59 Å². The Kier molecular flexibility index (Phi) is 4.51. The smallest absolute Gasteiger partial charge is 0.308 e. The van der Waals surface area contributed by atoms with Crippen molar-refractivity contribution < 1.29 is 19.4 Å². The lowest BCUT2D eigenvalue weighted by molar-refractivity contribution is -0.141. The molecule has 0 saturated carbocycles. The van der Waals surface area contributed by atoms with Crippen LogP contribution < -0.4 is 4.74 Å². The van der Waals surface area contributed by atoms with Gasteiger partial charge < -0.3 is 14.7 Å². The average Bonchev–Trinajstić information content (AvgIpc) is 2.93. The number of para-hydroxylation sites is 1. The van der Waals surface area contributed by atoms with Crippen molar-refractivity contribution in [2.24, 2.45) is 5.92 Å². The number of likely N-dealkylation sites (tertiary alicyclic amines) is 1. The van der Waals surface area contributed by atoms with Crippen LogP contribution in [0.4, 0.5) is 0 Å². The van der Waals surface area contributed by atoms with E-state index in [0.29, 0.717) is 6.54 Å². The molecule has 1 aliphatic heterocycles. The predicted octanol–water partition coefficient (Wildman–Crippen LogP) is 3.22. The van der Waals surface area contributed by atoms with Crippen molar-refractivity contribution in [2.75, 3.05) is 6.54 Å². The molecule has 3 rings (SSSR count). The van der Waals surface area contributed by atoms with Crippen LogP contribution in [0, 0.1) is 12.8 Å². The van der Waals surface area contributed by atoms with Gasteiger partial charge in [-0.25, -0.2) is 0 Å². The number of carboxylic acids is 1. The first-order valence-electron chi connectivity index (χ1n) is 7.86. The Balaban J connectivity index is 1.64. The minimum absolute atomic E-state index is 0.0871. The highest BCUT2D eigenvalue weighted by Gasteiger charge is 2.33. The topological polar surface area (TPSA) is 66.8 Å². The maximum absolute atomic E-state index is 11.9. The van der Waals surface area contributed by atoms with E-state index >= 15 is 0 Å². The fourth-order valence-corrected chi connectivity index (χ4v) is 2.77. The van der Waals surface area contributed by atoms with Gasteiger partial charge in [0.05, 0.1) is 5.92 Å². The van der Waals surface area contributed by atoms with Crippen LogP contribution in [0.15, 0.2) is 48.5 Å². The van der Waals surface area contributed by atoms with Gasteiger partial charge in [-0.2, -0.15) is 0 Å². The Morgan fingerprint density at radius 3 is 2.54 bits per heavy atom. The summed E-state index contributed by atoms with van der Waals surface area (Å²) in [7, 11) is 0. The van der Waals surface area contributed by atoms with Gasteiger partial charge in [0.2, 0.25) is 5.91 Å². The van der Waals surface area contributed by atoms with Crippen molar-refractivity contribution in [1.82, 2.24) is 4.90 Å². The third-order valence-corrected chi connectivity index (χ3v) is 4.18. The number of rotatable bonds is 5. The van der Waals surface area contributed by atoms with Gasteiger partial charge in [0.1, 0.15) is 11.5 Å². The zero-order valence-corrected chi connectivity index (χ0v) is 13.4. The molecule has 1 aliphatic rings. The standard InChI is InChI=1S/C19H19NO4/c1-13-4-2-3-5-17(13)24-16-8-6-14(7-9-16)11-20-12-15(19(22)23)10-18(20)21/h2-9,15H,10-12H2,1H3,(H,22,23). The number of carboxylic acid groups (broad SMARTS) is 1. The molecular formula is C19H19NO4. The Labute approximate surface area is 140 Å². The highest BCUT2D eigenvalue weighted by Crippen LogP contribution is 2.26. The fourth-order valence-electron chi connectivity index (χ4n) is 2.77. The third kappa shape index (κ3) is 3.56. The SMILES string of the molecule is Cc1ccccc1Oc1ccc(CN2CC(C(=O)O)CC2=O)cc1. The van der Waals surface area contributed by atoms with Crippen LogP contribution in [-0.4, -0.2) is 28.4 Å². The van der Waals surface area contributed by atoms with Gasteiger partial charge in [-0.05, 0) is 36.2 Å².